The van der Waals surface area contributed by atoms with Gasteiger partial charge in [0.15, 0.2) is 0 Å². The number of fused-ring (bicyclic) bond motifs is 1. The molecule has 5 nitrogen and oxygen atoms in total. The summed E-state index contributed by atoms with van der Waals surface area (Å²) in [7, 11) is 1.60. The molecule has 102 valence electrons. The second-order valence-electron chi connectivity index (χ2n) is 4.30. The first-order valence-electron chi connectivity index (χ1n) is 5.97. The standard InChI is InChI=1S/C14H12N2O3S/c1-8-9-7-12(14(17)18)20-13(9)16(15-8)10-5-3-4-6-11(10)19-2/h3-7H,1-2H3,(H,17,18). The zero-order chi connectivity index (χ0) is 14.3. The number of rotatable bonds is 3. The Balaban J connectivity index is 2.28. The predicted octanol–water partition coefficient (Wildman–Crippen LogP) is 3.10. The Labute approximate surface area is 119 Å². The van der Waals surface area contributed by atoms with Gasteiger partial charge in [-0.3, -0.25) is 0 Å². The number of carboxylic acids is 1. The van der Waals surface area contributed by atoms with Crippen molar-refractivity contribution >= 4 is 27.5 Å². The molecule has 0 saturated carbocycles. The predicted molar refractivity (Wildman–Crippen MR) is 77.2 cm³/mol. The van der Waals surface area contributed by atoms with Crippen LogP contribution in [0.3, 0.4) is 0 Å². The van der Waals surface area contributed by atoms with E-state index >= 15 is 0 Å². The minimum atomic E-state index is -0.919. The number of benzene rings is 1. The number of nitrogens with zero attached hydrogens (tertiary/aromatic N) is 2. The van der Waals surface area contributed by atoms with E-state index in [4.69, 9.17) is 9.84 Å². The van der Waals surface area contributed by atoms with Gasteiger partial charge in [-0.2, -0.15) is 5.10 Å². The Kier molecular flexibility index (Phi) is 2.94. The van der Waals surface area contributed by atoms with Crippen molar-refractivity contribution in [2.24, 2.45) is 0 Å². The number of carboxylic acid groups (broad SMARTS) is 1. The third-order valence-corrected chi connectivity index (χ3v) is 4.17. The summed E-state index contributed by atoms with van der Waals surface area (Å²) < 4.78 is 7.08. The first-order valence-corrected chi connectivity index (χ1v) is 6.79. The largest absolute Gasteiger partial charge is 0.494 e. The summed E-state index contributed by atoms with van der Waals surface area (Å²) in [4.78, 5) is 12.2. The van der Waals surface area contributed by atoms with Crippen LogP contribution >= 0.6 is 11.3 Å². The van der Waals surface area contributed by atoms with E-state index in [1.807, 2.05) is 31.2 Å². The van der Waals surface area contributed by atoms with Crippen LogP contribution in [0.4, 0.5) is 0 Å². The average Bonchev–Trinajstić information content (AvgIpc) is 3.00. The third kappa shape index (κ3) is 1.85. The molecule has 2 heterocycles. The number of ether oxygens (including phenoxy) is 1. The van der Waals surface area contributed by atoms with Crippen LogP contribution in [-0.2, 0) is 0 Å². The summed E-state index contributed by atoms with van der Waals surface area (Å²) >= 11 is 1.21. The molecule has 20 heavy (non-hydrogen) atoms. The van der Waals surface area contributed by atoms with Gasteiger partial charge in [-0.15, -0.1) is 11.3 Å². The average molecular weight is 288 g/mol. The van der Waals surface area contributed by atoms with Gasteiger partial charge in [0.05, 0.1) is 12.8 Å². The van der Waals surface area contributed by atoms with E-state index in [1.54, 1.807) is 17.9 Å². The zero-order valence-electron chi connectivity index (χ0n) is 11.0. The van der Waals surface area contributed by atoms with Crippen LogP contribution in [0.1, 0.15) is 15.4 Å². The Morgan fingerprint density at radius 3 is 2.85 bits per heavy atom. The van der Waals surface area contributed by atoms with Crippen LogP contribution in [-0.4, -0.2) is 28.0 Å². The maximum absolute atomic E-state index is 11.1. The molecule has 0 aliphatic rings. The molecule has 3 aromatic rings. The lowest BCUT2D eigenvalue weighted by molar-refractivity contribution is 0.0702. The maximum Gasteiger partial charge on any atom is 0.345 e. The van der Waals surface area contributed by atoms with Gasteiger partial charge in [0.25, 0.3) is 0 Å². The molecule has 3 rings (SSSR count). The van der Waals surface area contributed by atoms with Crippen molar-refractivity contribution in [3.63, 3.8) is 0 Å². The molecule has 0 atom stereocenters. The van der Waals surface area contributed by atoms with Gasteiger partial charge in [-0.05, 0) is 25.1 Å². The number of hydrogen-bond donors (Lipinski definition) is 1. The summed E-state index contributed by atoms with van der Waals surface area (Å²) in [6.45, 7) is 1.87. The zero-order valence-corrected chi connectivity index (χ0v) is 11.8. The monoisotopic (exact) mass is 288 g/mol. The molecule has 0 spiro atoms. The van der Waals surface area contributed by atoms with E-state index in [0.717, 1.165) is 21.6 Å². The van der Waals surface area contributed by atoms with Crippen LogP contribution < -0.4 is 4.74 Å². The number of hydrogen-bond acceptors (Lipinski definition) is 4. The third-order valence-electron chi connectivity index (χ3n) is 3.07. The highest BCUT2D eigenvalue weighted by Gasteiger charge is 2.17. The SMILES string of the molecule is COc1ccccc1-n1nc(C)c2cc(C(=O)O)sc21. The topological polar surface area (TPSA) is 64.4 Å². The molecule has 0 bridgehead atoms. The number of thiophene rings is 1. The number of methoxy groups -OCH3 is 1. The van der Waals surface area contributed by atoms with E-state index < -0.39 is 5.97 Å². The molecule has 2 aromatic heterocycles. The summed E-state index contributed by atoms with van der Waals surface area (Å²) in [6, 6.07) is 9.19. The van der Waals surface area contributed by atoms with Gasteiger partial charge in [0.1, 0.15) is 21.1 Å². The van der Waals surface area contributed by atoms with Crippen molar-refractivity contribution in [1.82, 2.24) is 9.78 Å². The minimum absolute atomic E-state index is 0.309. The molecule has 0 amide bonds. The van der Waals surface area contributed by atoms with Crippen molar-refractivity contribution in [2.45, 2.75) is 6.92 Å². The fourth-order valence-electron chi connectivity index (χ4n) is 2.12. The van der Waals surface area contributed by atoms with Crippen molar-refractivity contribution in [3.8, 4) is 11.4 Å². The number of aromatic carboxylic acids is 1. The number of carbonyl (C=O) groups is 1. The Morgan fingerprint density at radius 2 is 2.15 bits per heavy atom. The van der Waals surface area contributed by atoms with Gasteiger partial charge >= 0.3 is 5.97 Å². The van der Waals surface area contributed by atoms with Gasteiger partial charge in [-0.1, -0.05) is 12.1 Å². The Bertz CT molecular complexity index is 804. The van der Waals surface area contributed by atoms with Crippen LogP contribution in [0.15, 0.2) is 30.3 Å². The molecule has 6 heteroatoms. The van der Waals surface area contributed by atoms with E-state index in [0.29, 0.717) is 10.6 Å². The maximum atomic E-state index is 11.1. The number of aromatic nitrogens is 2. The van der Waals surface area contributed by atoms with Crippen molar-refractivity contribution < 1.29 is 14.6 Å². The van der Waals surface area contributed by atoms with Crippen molar-refractivity contribution in [1.29, 1.82) is 0 Å². The lowest BCUT2D eigenvalue weighted by atomic mass is 10.3. The molecule has 0 aliphatic heterocycles. The highest BCUT2D eigenvalue weighted by atomic mass is 32.1. The van der Waals surface area contributed by atoms with Crippen LogP contribution in [0.2, 0.25) is 0 Å². The molecular formula is C14H12N2O3S. The van der Waals surface area contributed by atoms with Crippen LogP contribution in [0, 0.1) is 6.92 Å². The molecule has 1 aromatic carbocycles. The molecule has 0 unspecified atom stereocenters. The first-order chi connectivity index (χ1) is 9.61. The van der Waals surface area contributed by atoms with Crippen molar-refractivity contribution in [3.05, 3.63) is 40.9 Å². The van der Waals surface area contributed by atoms with Crippen LogP contribution in [0.5, 0.6) is 5.75 Å². The molecule has 0 saturated heterocycles. The Hall–Kier alpha value is -2.34. The normalized spacial score (nSPS) is 10.9. The molecule has 1 N–H and O–H groups in total. The summed E-state index contributed by atoms with van der Waals surface area (Å²) in [6.07, 6.45) is 0. The lowest BCUT2D eigenvalue weighted by Gasteiger charge is -2.08. The van der Waals surface area contributed by atoms with Crippen molar-refractivity contribution in [2.75, 3.05) is 7.11 Å². The second kappa shape index (κ2) is 4.64. The summed E-state index contributed by atoms with van der Waals surface area (Å²) in [5.74, 6) is -0.223. The summed E-state index contributed by atoms with van der Waals surface area (Å²) in [5.41, 5.74) is 1.60. The van der Waals surface area contributed by atoms with E-state index in [1.165, 1.54) is 11.3 Å². The Morgan fingerprint density at radius 1 is 1.40 bits per heavy atom. The number of para-hydroxylation sites is 2. The number of aryl methyl sites for hydroxylation is 1. The highest BCUT2D eigenvalue weighted by Crippen LogP contribution is 2.32. The van der Waals surface area contributed by atoms with Gasteiger partial charge in [0.2, 0.25) is 0 Å². The van der Waals surface area contributed by atoms with Gasteiger partial charge in [0, 0.05) is 5.39 Å². The van der Waals surface area contributed by atoms with Gasteiger partial charge < -0.3 is 9.84 Å². The van der Waals surface area contributed by atoms with Crippen LogP contribution in [0.25, 0.3) is 15.9 Å². The first kappa shape index (κ1) is 12.7. The second-order valence-corrected chi connectivity index (χ2v) is 5.33. The molecule has 0 fully saturated rings. The molecule has 0 radical (unpaired) electrons. The smallest absolute Gasteiger partial charge is 0.345 e. The molecule has 0 aliphatic carbocycles. The molecular weight excluding hydrogens is 276 g/mol. The quantitative estimate of drug-likeness (QED) is 0.804. The fraction of sp³-hybridized carbons (Fsp3) is 0.143. The van der Waals surface area contributed by atoms with E-state index in [9.17, 15) is 4.79 Å². The van der Waals surface area contributed by atoms with E-state index in [2.05, 4.69) is 5.10 Å². The minimum Gasteiger partial charge on any atom is -0.494 e. The lowest BCUT2D eigenvalue weighted by Crippen LogP contribution is -1.99. The summed E-state index contributed by atoms with van der Waals surface area (Å²) in [5, 5.41) is 14.5. The highest BCUT2D eigenvalue weighted by molar-refractivity contribution is 7.20. The fourth-order valence-corrected chi connectivity index (χ4v) is 3.14. The van der Waals surface area contributed by atoms with E-state index in [-0.39, 0.29) is 0 Å². The van der Waals surface area contributed by atoms with Gasteiger partial charge in [-0.25, -0.2) is 9.48 Å².